The van der Waals surface area contributed by atoms with Crippen molar-refractivity contribution in [1.82, 2.24) is 10.2 Å². The number of carbonyl (C=O) groups is 4. The van der Waals surface area contributed by atoms with Gasteiger partial charge in [-0.25, -0.2) is 14.4 Å². The Bertz CT molecular complexity index is 648. The van der Waals surface area contributed by atoms with Crippen molar-refractivity contribution >= 4 is 24.1 Å². The highest BCUT2D eigenvalue weighted by atomic mass is 16.6. The maximum atomic E-state index is 12.9. The largest absolute Gasteiger partial charge is 0.467 e. The number of ether oxygens (including phenoxy) is 3. The fraction of sp³-hybridized carbons (Fsp3) is 0.714. The predicted molar refractivity (Wildman–Crippen MR) is 110 cm³/mol. The predicted octanol–water partition coefficient (Wildman–Crippen LogP) is 3.17. The molecule has 170 valence electrons. The van der Waals surface area contributed by atoms with Gasteiger partial charge in [-0.3, -0.25) is 4.79 Å². The summed E-state index contributed by atoms with van der Waals surface area (Å²) < 4.78 is 15.5. The Morgan fingerprint density at radius 2 is 1.63 bits per heavy atom. The van der Waals surface area contributed by atoms with Crippen molar-refractivity contribution in [2.75, 3.05) is 7.11 Å². The van der Waals surface area contributed by atoms with E-state index in [0.717, 1.165) is 7.11 Å². The molecule has 1 aliphatic rings. The van der Waals surface area contributed by atoms with Gasteiger partial charge < -0.3 is 19.5 Å². The zero-order valence-corrected chi connectivity index (χ0v) is 18.9. The van der Waals surface area contributed by atoms with E-state index in [1.165, 1.54) is 0 Å². The Morgan fingerprint density at radius 3 is 2.03 bits per heavy atom. The number of hydrogen-bond acceptors (Lipinski definition) is 7. The van der Waals surface area contributed by atoms with Crippen molar-refractivity contribution in [3.05, 3.63) is 12.7 Å². The molecular weight excluding hydrogens is 392 g/mol. The molecule has 0 aromatic rings. The minimum absolute atomic E-state index is 0.107. The Hall–Kier alpha value is -2.58. The van der Waals surface area contributed by atoms with Gasteiger partial charge in [-0.1, -0.05) is 6.08 Å². The topological polar surface area (TPSA) is 111 Å². The molecule has 1 saturated heterocycles. The van der Waals surface area contributed by atoms with Crippen molar-refractivity contribution in [3.8, 4) is 0 Å². The third kappa shape index (κ3) is 7.68. The first kappa shape index (κ1) is 25.5. The second kappa shape index (κ2) is 9.95. The van der Waals surface area contributed by atoms with Gasteiger partial charge in [-0.05, 0) is 60.8 Å². The lowest BCUT2D eigenvalue weighted by Gasteiger charge is -2.32. The second-order valence-electron chi connectivity index (χ2n) is 9.27. The van der Waals surface area contributed by atoms with Gasteiger partial charge >= 0.3 is 18.2 Å². The molecule has 30 heavy (non-hydrogen) atoms. The first-order valence-electron chi connectivity index (χ1n) is 9.92. The van der Waals surface area contributed by atoms with E-state index in [0.29, 0.717) is 17.7 Å². The lowest BCUT2D eigenvalue weighted by molar-refractivity contribution is -0.147. The van der Waals surface area contributed by atoms with Gasteiger partial charge in [-0.15, -0.1) is 6.58 Å². The first-order chi connectivity index (χ1) is 13.7. The van der Waals surface area contributed by atoms with Gasteiger partial charge in [0.05, 0.1) is 7.11 Å². The number of amides is 3. The van der Waals surface area contributed by atoms with Gasteiger partial charge in [0.1, 0.15) is 17.2 Å². The van der Waals surface area contributed by atoms with Crippen molar-refractivity contribution in [3.63, 3.8) is 0 Å². The number of rotatable bonds is 6. The van der Waals surface area contributed by atoms with Gasteiger partial charge in [0.2, 0.25) is 5.91 Å². The van der Waals surface area contributed by atoms with Gasteiger partial charge in [0.25, 0.3) is 0 Å². The van der Waals surface area contributed by atoms with Crippen LogP contribution in [0, 0.1) is 5.92 Å². The maximum Gasteiger partial charge on any atom is 0.420 e. The van der Waals surface area contributed by atoms with Crippen LogP contribution >= 0.6 is 0 Å². The number of imide groups is 1. The Morgan fingerprint density at radius 1 is 1.13 bits per heavy atom. The monoisotopic (exact) mass is 426 g/mol. The number of esters is 1. The summed E-state index contributed by atoms with van der Waals surface area (Å²) in [5.41, 5.74) is -1.84. The minimum atomic E-state index is -1.38. The van der Waals surface area contributed by atoms with Gasteiger partial charge in [0, 0.05) is 12.0 Å². The van der Waals surface area contributed by atoms with Crippen molar-refractivity contribution in [2.45, 2.75) is 84.1 Å². The summed E-state index contributed by atoms with van der Waals surface area (Å²) in [6, 6.07) is -1.49. The number of carbonyl (C=O) groups excluding carboxylic acids is 4. The molecule has 0 saturated carbocycles. The van der Waals surface area contributed by atoms with Gasteiger partial charge in [-0.2, -0.15) is 4.90 Å². The van der Waals surface area contributed by atoms with Crippen LogP contribution in [0.2, 0.25) is 0 Å². The molecular formula is C21H34N2O7. The molecule has 1 N–H and O–H groups in total. The van der Waals surface area contributed by atoms with Crippen LogP contribution < -0.4 is 5.32 Å². The van der Waals surface area contributed by atoms with E-state index >= 15 is 0 Å². The lowest BCUT2D eigenvalue weighted by atomic mass is 9.95. The summed E-state index contributed by atoms with van der Waals surface area (Å²) in [4.78, 5) is 51.3. The van der Waals surface area contributed by atoms with Crippen LogP contribution in [0.25, 0.3) is 0 Å². The number of hydrogen-bond donors (Lipinski definition) is 1. The fourth-order valence-electron chi connectivity index (χ4n) is 3.05. The second-order valence-corrected chi connectivity index (χ2v) is 9.27. The molecule has 3 amide bonds. The van der Waals surface area contributed by atoms with E-state index in [-0.39, 0.29) is 18.4 Å². The number of methoxy groups -OCH3 is 1. The highest BCUT2D eigenvalue weighted by Crippen LogP contribution is 2.27. The summed E-state index contributed by atoms with van der Waals surface area (Å²) >= 11 is 0. The minimum Gasteiger partial charge on any atom is -0.467 e. The van der Waals surface area contributed by atoms with Crippen molar-refractivity contribution < 1.29 is 33.4 Å². The molecule has 0 aromatic heterocycles. The lowest BCUT2D eigenvalue weighted by Crippen LogP contribution is -2.53. The maximum absolute atomic E-state index is 12.9. The van der Waals surface area contributed by atoms with Crippen molar-refractivity contribution in [2.24, 2.45) is 5.92 Å². The third-order valence-corrected chi connectivity index (χ3v) is 4.21. The molecule has 1 heterocycles. The summed E-state index contributed by atoms with van der Waals surface area (Å²) in [6.45, 7) is 13.5. The quantitative estimate of drug-likeness (QED) is 0.394. The molecule has 0 bridgehead atoms. The molecule has 9 nitrogen and oxygen atoms in total. The Balaban J connectivity index is 3.24. The van der Waals surface area contributed by atoms with E-state index in [2.05, 4.69) is 11.9 Å². The van der Waals surface area contributed by atoms with E-state index in [1.807, 2.05) is 0 Å². The standard InChI is InChI=1S/C21H34N2O7/c1-9-10-14-11-13(16(24)22-14)12-15(17(25)28-8)23(18(26)29-20(2,3)4)19(27)30-21(5,6)7/h9,13-15H,1,10-12H2,2-8H3,(H,22,24)/t13-,14+,15-/m0/s1. The normalized spacial score (nSPS) is 20.0. The Labute approximate surface area is 178 Å². The first-order valence-corrected chi connectivity index (χ1v) is 9.92. The number of nitrogens with zero attached hydrogens (tertiary/aromatic N) is 1. The molecule has 0 spiro atoms. The smallest absolute Gasteiger partial charge is 0.420 e. The molecule has 1 fully saturated rings. The zero-order chi connectivity index (χ0) is 23.3. The summed E-state index contributed by atoms with van der Waals surface area (Å²) in [5, 5.41) is 2.83. The van der Waals surface area contributed by atoms with E-state index in [9.17, 15) is 19.2 Å². The van der Waals surface area contributed by atoms with E-state index in [4.69, 9.17) is 14.2 Å². The van der Waals surface area contributed by atoms with Crippen molar-refractivity contribution in [1.29, 1.82) is 0 Å². The molecule has 1 aliphatic heterocycles. The molecule has 0 unspecified atom stereocenters. The van der Waals surface area contributed by atoms with Crippen LogP contribution in [-0.2, 0) is 23.8 Å². The van der Waals surface area contributed by atoms with Gasteiger partial charge in [0.15, 0.2) is 0 Å². The highest BCUT2D eigenvalue weighted by molar-refractivity contribution is 5.94. The summed E-state index contributed by atoms with van der Waals surface area (Å²) in [5.74, 6) is -1.69. The summed E-state index contributed by atoms with van der Waals surface area (Å²) in [6.07, 6.45) is 0.506. The van der Waals surface area contributed by atoms with E-state index in [1.54, 1.807) is 47.6 Å². The highest BCUT2D eigenvalue weighted by Gasteiger charge is 2.44. The van der Waals surface area contributed by atoms with Crippen LogP contribution in [0.4, 0.5) is 9.59 Å². The molecule has 1 rings (SSSR count). The van der Waals surface area contributed by atoms with Crippen LogP contribution in [0.5, 0.6) is 0 Å². The summed E-state index contributed by atoms with van der Waals surface area (Å²) in [7, 11) is 1.15. The molecule has 0 aromatic carbocycles. The fourth-order valence-corrected chi connectivity index (χ4v) is 3.05. The van der Waals surface area contributed by atoms with Crippen LogP contribution in [0.15, 0.2) is 12.7 Å². The molecule has 0 radical (unpaired) electrons. The molecule has 3 atom stereocenters. The number of nitrogens with one attached hydrogen (secondary N) is 1. The molecule has 9 heteroatoms. The zero-order valence-electron chi connectivity index (χ0n) is 18.9. The molecule has 0 aliphatic carbocycles. The van der Waals surface area contributed by atoms with Crippen LogP contribution in [0.3, 0.4) is 0 Å². The average molecular weight is 427 g/mol. The average Bonchev–Trinajstić information content (AvgIpc) is 2.90. The Kier molecular flexibility index (Phi) is 8.44. The van der Waals surface area contributed by atoms with E-state index < -0.39 is 41.3 Å². The van der Waals surface area contributed by atoms with Crippen LogP contribution in [-0.4, -0.2) is 59.4 Å². The SMILES string of the molecule is C=CC[C@@H]1C[C@@H](C[C@@H](C(=O)OC)N(C(=O)OC(C)(C)C)C(=O)OC(C)(C)C)C(=O)N1. The van der Waals surface area contributed by atoms with Crippen LogP contribution in [0.1, 0.15) is 60.8 Å². The third-order valence-electron chi connectivity index (χ3n) is 4.21.